The number of oxazole rings is 1. The molecule has 0 aliphatic heterocycles. The molecule has 0 radical (unpaired) electrons. The number of hydrogen-bond acceptors (Lipinski definition) is 5. The quantitative estimate of drug-likeness (QED) is 0.375. The summed E-state index contributed by atoms with van der Waals surface area (Å²) in [6, 6.07) is 16.2. The van der Waals surface area contributed by atoms with Crippen LogP contribution in [-0.2, 0) is 9.84 Å². The van der Waals surface area contributed by atoms with Crippen LogP contribution in [0.25, 0.3) is 22.6 Å². The fraction of sp³-hybridized carbons (Fsp3) is 0.0435. The topological polar surface area (TPSA) is 89.3 Å². The second-order valence-electron chi connectivity index (χ2n) is 6.98. The van der Waals surface area contributed by atoms with Crippen LogP contribution in [0.2, 0.25) is 10.0 Å². The third-order valence-electron chi connectivity index (χ3n) is 4.69. The second kappa shape index (κ2) is 8.78. The van der Waals surface area contributed by atoms with Crippen LogP contribution in [0.3, 0.4) is 0 Å². The summed E-state index contributed by atoms with van der Waals surface area (Å²) in [6.07, 6.45) is 4.11. The average Bonchev–Trinajstić information content (AvgIpc) is 3.30. The Bertz CT molecular complexity index is 1420. The number of sulfone groups is 1. The maximum Gasteiger partial charge on any atom is 0.256 e. The first kappa shape index (κ1) is 22.1. The molecule has 4 aromatic rings. The van der Waals surface area contributed by atoms with Crippen molar-refractivity contribution in [3.8, 4) is 22.6 Å². The molecular weight excluding hydrogens is 471 g/mol. The summed E-state index contributed by atoms with van der Waals surface area (Å²) in [5, 5.41) is 3.48. The van der Waals surface area contributed by atoms with Crippen molar-refractivity contribution in [2.24, 2.45) is 0 Å². The smallest absolute Gasteiger partial charge is 0.256 e. The van der Waals surface area contributed by atoms with Gasteiger partial charge < -0.3 is 9.73 Å². The number of benzene rings is 3. The summed E-state index contributed by atoms with van der Waals surface area (Å²) in [4.78, 5) is 17.4. The number of carbonyl (C=O) groups is 1. The first-order valence-corrected chi connectivity index (χ1v) is 12.0. The van der Waals surface area contributed by atoms with Crippen molar-refractivity contribution >= 4 is 44.6 Å². The lowest BCUT2D eigenvalue weighted by Crippen LogP contribution is -2.14. The van der Waals surface area contributed by atoms with Crippen LogP contribution >= 0.6 is 23.2 Å². The molecule has 0 unspecified atom stereocenters. The van der Waals surface area contributed by atoms with E-state index < -0.39 is 15.7 Å². The standard InChI is InChI=1S/C23H16Cl2N2O4S/c1-32(29,30)17-6-7-18(19(13-17)14-5-8-20(24)21(25)12-14)22(28)27-16-4-2-3-15(11-16)23-26-9-10-31-23/h2-13H,1H3,(H,27,28). The summed E-state index contributed by atoms with van der Waals surface area (Å²) in [5.74, 6) is 0.00535. The molecule has 1 N–H and O–H groups in total. The van der Waals surface area contributed by atoms with Crippen LogP contribution in [0.1, 0.15) is 10.4 Å². The van der Waals surface area contributed by atoms with Crippen molar-refractivity contribution in [3.05, 3.63) is 88.7 Å². The van der Waals surface area contributed by atoms with Gasteiger partial charge >= 0.3 is 0 Å². The van der Waals surface area contributed by atoms with E-state index in [-0.39, 0.29) is 10.5 Å². The lowest BCUT2D eigenvalue weighted by atomic mass is 9.99. The van der Waals surface area contributed by atoms with Crippen molar-refractivity contribution in [2.45, 2.75) is 4.90 Å². The lowest BCUT2D eigenvalue weighted by molar-refractivity contribution is 0.102. The Morgan fingerprint density at radius 1 is 0.969 bits per heavy atom. The first-order valence-electron chi connectivity index (χ1n) is 9.33. The van der Waals surface area contributed by atoms with Gasteiger partial charge in [0.25, 0.3) is 5.91 Å². The number of carbonyl (C=O) groups excluding carboxylic acids is 1. The largest absolute Gasteiger partial charge is 0.445 e. The van der Waals surface area contributed by atoms with Crippen molar-refractivity contribution < 1.29 is 17.6 Å². The third-order valence-corrected chi connectivity index (χ3v) is 6.54. The number of aromatic nitrogens is 1. The van der Waals surface area contributed by atoms with E-state index in [1.807, 2.05) is 6.07 Å². The highest BCUT2D eigenvalue weighted by atomic mass is 35.5. The van der Waals surface area contributed by atoms with Crippen LogP contribution in [0.5, 0.6) is 0 Å². The molecule has 0 aliphatic rings. The number of hydrogen-bond donors (Lipinski definition) is 1. The summed E-state index contributed by atoms with van der Waals surface area (Å²) in [7, 11) is -3.49. The fourth-order valence-electron chi connectivity index (χ4n) is 3.15. The Morgan fingerprint density at radius 3 is 2.47 bits per heavy atom. The minimum atomic E-state index is -3.49. The number of halogens is 2. The van der Waals surface area contributed by atoms with Crippen molar-refractivity contribution in [3.63, 3.8) is 0 Å². The Morgan fingerprint density at radius 2 is 1.78 bits per heavy atom. The summed E-state index contributed by atoms with van der Waals surface area (Å²) < 4.78 is 29.5. The van der Waals surface area contributed by atoms with Gasteiger partial charge in [0.2, 0.25) is 5.89 Å². The molecule has 3 aromatic carbocycles. The van der Waals surface area contributed by atoms with Crippen LogP contribution in [0.15, 0.2) is 82.4 Å². The van der Waals surface area contributed by atoms with Gasteiger partial charge in [0, 0.05) is 23.1 Å². The van der Waals surface area contributed by atoms with Crippen molar-refractivity contribution in [1.82, 2.24) is 4.98 Å². The van der Waals surface area contributed by atoms with E-state index in [2.05, 4.69) is 10.3 Å². The monoisotopic (exact) mass is 486 g/mol. The predicted octanol–water partition coefficient (Wildman–Crippen LogP) is 5.97. The van der Waals surface area contributed by atoms with E-state index in [1.54, 1.807) is 36.4 Å². The van der Waals surface area contributed by atoms with Crippen LogP contribution in [0.4, 0.5) is 5.69 Å². The fourth-order valence-corrected chi connectivity index (χ4v) is 4.09. The molecular formula is C23H16Cl2N2O4S. The molecule has 0 saturated heterocycles. The number of rotatable bonds is 5. The van der Waals surface area contributed by atoms with Gasteiger partial charge in [0.1, 0.15) is 6.26 Å². The highest BCUT2D eigenvalue weighted by molar-refractivity contribution is 7.90. The van der Waals surface area contributed by atoms with Gasteiger partial charge in [0.05, 0.1) is 21.1 Å². The number of nitrogens with zero attached hydrogens (tertiary/aromatic N) is 1. The van der Waals surface area contributed by atoms with Gasteiger partial charge in [-0.05, 0) is 59.7 Å². The molecule has 1 heterocycles. The van der Waals surface area contributed by atoms with Crippen LogP contribution in [0, 0.1) is 0 Å². The maximum absolute atomic E-state index is 13.2. The predicted molar refractivity (Wildman–Crippen MR) is 125 cm³/mol. The molecule has 1 aromatic heterocycles. The zero-order valence-electron chi connectivity index (χ0n) is 16.7. The Kier molecular flexibility index (Phi) is 6.06. The van der Waals surface area contributed by atoms with Gasteiger partial charge in [-0.2, -0.15) is 0 Å². The molecule has 9 heteroatoms. The SMILES string of the molecule is CS(=O)(=O)c1ccc(C(=O)Nc2cccc(-c3ncco3)c2)c(-c2ccc(Cl)c(Cl)c2)c1. The van der Waals surface area contributed by atoms with E-state index >= 15 is 0 Å². The molecule has 0 spiro atoms. The highest BCUT2D eigenvalue weighted by Gasteiger charge is 2.18. The highest BCUT2D eigenvalue weighted by Crippen LogP contribution is 2.32. The summed E-state index contributed by atoms with van der Waals surface area (Å²) in [5.41, 5.74) is 2.47. The first-order chi connectivity index (χ1) is 15.2. The van der Waals surface area contributed by atoms with Crippen LogP contribution < -0.4 is 5.32 Å². The van der Waals surface area contributed by atoms with Gasteiger partial charge in [-0.15, -0.1) is 0 Å². The molecule has 0 fully saturated rings. The van der Waals surface area contributed by atoms with Crippen molar-refractivity contribution in [1.29, 1.82) is 0 Å². The van der Waals surface area contributed by atoms with Crippen molar-refractivity contribution in [2.75, 3.05) is 11.6 Å². The van der Waals surface area contributed by atoms with E-state index in [0.29, 0.717) is 38.3 Å². The molecule has 4 rings (SSSR count). The summed E-state index contributed by atoms with van der Waals surface area (Å²) >= 11 is 12.2. The second-order valence-corrected chi connectivity index (χ2v) is 9.81. The zero-order valence-corrected chi connectivity index (χ0v) is 19.0. The number of nitrogens with one attached hydrogen (secondary N) is 1. The number of amides is 1. The Hall–Kier alpha value is -3.13. The zero-order chi connectivity index (χ0) is 22.9. The summed E-state index contributed by atoms with van der Waals surface area (Å²) in [6.45, 7) is 0. The molecule has 32 heavy (non-hydrogen) atoms. The molecule has 0 aliphatic carbocycles. The number of anilines is 1. The minimum absolute atomic E-state index is 0.0843. The maximum atomic E-state index is 13.2. The third kappa shape index (κ3) is 4.70. The molecule has 6 nitrogen and oxygen atoms in total. The normalized spacial score (nSPS) is 11.3. The van der Waals surface area contributed by atoms with E-state index in [0.717, 1.165) is 6.26 Å². The van der Waals surface area contributed by atoms with E-state index in [1.165, 1.54) is 30.7 Å². The minimum Gasteiger partial charge on any atom is -0.445 e. The van der Waals surface area contributed by atoms with Gasteiger partial charge in [0.15, 0.2) is 9.84 Å². The molecule has 0 saturated carbocycles. The lowest BCUT2D eigenvalue weighted by Gasteiger charge is -2.13. The Balaban J connectivity index is 1.75. The molecule has 0 bridgehead atoms. The molecule has 162 valence electrons. The molecule has 0 atom stereocenters. The van der Waals surface area contributed by atoms with Gasteiger partial charge in [-0.3, -0.25) is 4.79 Å². The van der Waals surface area contributed by atoms with Gasteiger partial charge in [-0.1, -0.05) is 35.3 Å². The van der Waals surface area contributed by atoms with Gasteiger partial charge in [-0.25, -0.2) is 13.4 Å². The molecule has 1 amide bonds. The Labute approximate surface area is 194 Å². The van der Waals surface area contributed by atoms with Crippen LogP contribution in [-0.4, -0.2) is 25.6 Å². The average molecular weight is 487 g/mol. The van der Waals surface area contributed by atoms with E-state index in [9.17, 15) is 13.2 Å². The van der Waals surface area contributed by atoms with E-state index in [4.69, 9.17) is 27.6 Å².